The first-order valence-electron chi connectivity index (χ1n) is 8.85. The van der Waals surface area contributed by atoms with Gasteiger partial charge in [-0.1, -0.05) is 30.4 Å². The molecule has 5 nitrogen and oxygen atoms in total. The molecule has 144 valence electrons. The molecule has 0 spiro atoms. The van der Waals surface area contributed by atoms with Gasteiger partial charge in [-0.2, -0.15) is 0 Å². The minimum Gasteiger partial charge on any atom is -0.489 e. The second kappa shape index (κ2) is 8.37. The highest BCUT2D eigenvalue weighted by Gasteiger charge is 2.21. The van der Waals surface area contributed by atoms with Crippen molar-refractivity contribution in [2.45, 2.75) is 51.1 Å². The van der Waals surface area contributed by atoms with Crippen LogP contribution in [0.2, 0.25) is 0 Å². The highest BCUT2D eigenvalue weighted by molar-refractivity contribution is 7.90. The molecule has 1 aromatic carbocycles. The van der Waals surface area contributed by atoms with Crippen LogP contribution in [-0.2, 0) is 14.8 Å². The summed E-state index contributed by atoms with van der Waals surface area (Å²) >= 11 is 0. The van der Waals surface area contributed by atoms with Crippen molar-refractivity contribution < 1.29 is 17.9 Å². The molecule has 0 bridgehead atoms. The van der Waals surface area contributed by atoms with Gasteiger partial charge in [0, 0.05) is 13.7 Å². The predicted octanol–water partition coefficient (Wildman–Crippen LogP) is 3.53. The molecule has 6 heteroatoms. The summed E-state index contributed by atoms with van der Waals surface area (Å²) in [5.74, 6) is 0.715. The third-order valence-corrected chi connectivity index (χ3v) is 6.34. The minimum atomic E-state index is -3.27. The van der Waals surface area contributed by atoms with E-state index in [1.54, 1.807) is 21.0 Å². The van der Waals surface area contributed by atoms with Gasteiger partial charge in [0.1, 0.15) is 11.9 Å². The van der Waals surface area contributed by atoms with Gasteiger partial charge < -0.3 is 9.47 Å². The molecule has 0 aromatic heterocycles. The van der Waals surface area contributed by atoms with Gasteiger partial charge in [-0.3, -0.25) is 0 Å². The monoisotopic (exact) mass is 379 g/mol. The molecule has 0 fully saturated rings. The van der Waals surface area contributed by atoms with Gasteiger partial charge >= 0.3 is 0 Å². The molecule has 1 aliphatic rings. The van der Waals surface area contributed by atoms with Crippen molar-refractivity contribution in [1.29, 1.82) is 0 Å². The summed E-state index contributed by atoms with van der Waals surface area (Å²) in [4.78, 5) is 0. The van der Waals surface area contributed by atoms with Gasteiger partial charge in [0.2, 0.25) is 10.0 Å². The van der Waals surface area contributed by atoms with Gasteiger partial charge in [-0.05, 0) is 57.4 Å². The molecule has 1 aliphatic carbocycles. The molecule has 0 heterocycles. The van der Waals surface area contributed by atoms with Crippen LogP contribution < -0.4 is 9.46 Å². The molecule has 2 rings (SSSR count). The highest BCUT2D eigenvalue weighted by Crippen LogP contribution is 2.29. The molecule has 0 amide bonds. The number of allylic oxidation sites excluding steroid dienone is 2. The van der Waals surface area contributed by atoms with Crippen molar-refractivity contribution in [3.63, 3.8) is 0 Å². The van der Waals surface area contributed by atoms with E-state index < -0.39 is 15.3 Å². The second-order valence-corrected chi connectivity index (χ2v) is 9.43. The van der Waals surface area contributed by atoms with Crippen molar-refractivity contribution in [2.75, 3.05) is 13.7 Å². The molecule has 1 N–H and O–H groups in total. The first-order valence-corrected chi connectivity index (χ1v) is 10.4. The maximum atomic E-state index is 11.8. The Balaban J connectivity index is 1.93. The van der Waals surface area contributed by atoms with Gasteiger partial charge in [-0.15, -0.1) is 0 Å². The average Bonchev–Trinajstić information content (AvgIpc) is 2.61. The minimum absolute atomic E-state index is 0.231. The topological polar surface area (TPSA) is 64.6 Å². The number of hydrogen-bond donors (Lipinski definition) is 1. The molecule has 0 saturated heterocycles. The fourth-order valence-corrected chi connectivity index (χ4v) is 3.28. The van der Waals surface area contributed by atoms with Gasteiger partial charge in [0.25, 0.3) is 0 Å². The van der Waals surface area contributed by atoms with E-state index in [0.717, 1.165) is 17.6 Å². The molecular weight excluding hydrogens is 350 g/mol. The van der Waals surface area contributed by atoms with Crippen LogP contribution in [-0.4, -0.2) is 39.0 Å². The zero-order valence-corrected chi connectivity index (χ0v) is 17.0. The average molecular weight is 380 g/mol. The number of methoxy groups -OCH3 is 1. The molecule has 2 atom stereocenters. The van der Waals surface area contributed by atoms with E-state index in [1.807, 2.05) is 31.2 Å². The largest absolute Gasteiger partial charge is 0.489 e. The summed E-state index contributed by atoms with van der Waals surface area (Å²) in [5.41, 5.74) is 2.04. The third kappa shape index (κ3) is 5.43. The molecule has 26 heavy (non-hydrogen) atoms. The first kappa shape index (κ1) is 20.7. The summed E-state index contributed by atoms with van der Waals surface area (Å²) in [5, 5.41) is -0.453. The van der Waals surface area contributed by atoms with Gasteiger partial charge in [0.15, 0.2) is 0 Å². The third-order valence-electron chi connectivity index (χ3n) is 4.53. The van der Waals surface area contributed by atoms with Crippen molar-refractivity contribution in [3.8, 4) is 5.75 Å². The Bertz CT molecular complexity index is 766. The van der Waals surface area contributed by atoms with Crippen LogP contribution in [0, 0.1) is 0 Å². The Kier molecular flexibility index (Phi) is 6.66. The molecule has 0 saturated carbocycles. The van der Waals surface area contributed by atoms with E-state index in [-0.39, 0.29) is 18.2 Å². The SMILES string of the molecule is COC1(C)C=CC(c2ccc(OC(C)CNS(=O)(=O)C(C)C)cc2)=CC1. The van der Waals surface area contributed by atoms with Crippen LogP contribution in [0.4, 0.5) is 0 Å². The lowest BCUT2D eigenvalue weighted by molar-refractivity contribution is 0.0508. The maximum absolute atomic E-state index is 11.8. The van der Waals surface area contributed by atoms with Gasteiger partial charge in [-0.25, -0.2) is 13.1 Å². The normalized spacial score (nSPS) is 21.5. The summed E-state index contributed by atoms with van der Waals surface area (Å²) in [7, 11) is -1.55. The summed E-state index contributed by atoms with van der Waals surface area (Å²) in [6.07, 6.45) is 6.90. The molecule has 2 unspecified atom stereocenters. The Morgan fingerprint density at radius 1 is 1.19 bits per heavy atom. The lowest BCUT2D eigenvalue weighted by Gasteiger charge is -2.26. The van der Waals surface area contributed by atoms with E-state index in [4.69, 9.17) is 9.47 Å². The molecule has 0 aliphatic heterocycles. The van der Waals surface area contributed by atoms with Crippen LogP contribution >= 0.6 is 0 Å². The number of hydrogen-bond acceptors (Lipinski definition) is 4. The molecular formula is C20H29NO4S. The lowest BCUT2D eigenvalue weighted by Crippen LogP contribution is -2.37. The summed E-state index contributed by atoms with van der Waals surface area (Å²) in [6.45, 7) is 7.44. The van der Waals surface area contributed by atoms with Gasteiger partial charge in [0.05, 0.1) is 10.9 Å². The lowest BCUT2D eigenvalue weighted by atomic mass is 9.91. The number of nitrogens with one attached hydrogen (secondary N) is 1. The Hall–Kier alpha value is -1.63. The van der Waals surface area contributed by atoms with Crippen LogP contribution in [0.3, 0.4) is 0 Å². The van der Waals surface area contributed by atoms with Crippen LogP contribution in [0.25, 0.3) is 5.57 Å². The number of ether oxygens (including phenoxy) is 2. The van der Waals surface area contributed by atoms with E-state index >= 15 is 0 Å². The van der Waals surface area contributed by atoms with E-state index in [0.29, 0.717) is 5.75 Å². The number of rotatable bonds is 8. The van der Waals surface area contributed by atoms with E-state index in [2.05, 4.69) is 29.9 Å². The van der Waals surface area contributed by atoms with Crippen molar-refractivity contribution in [1.82, 2.24) is 4.72 Å². The first-order chi connectivity index (χ1) is 12.1. The summed E-state index contributed by atoms with van der Waals surface area (Å²) < 4.78 is 37.4. The summed E-state index contributed by atoms with van der Waals surface area (Å²) in [6, 6.07) is 7.82. The van der Waals surface area contributed by atoms with Crippen molar-refractivity contribution in [3.05, 3.63) is 48.1 Å². The zero-order chi connectivity index (χ0) is 19.4. The Morgan fingerprint density at radius 3 is 2.35 bits per heavy atom. The fraction of sp³-hybridized carbons (Fsp3) is 0.500. The standard InChI is InChI=1S/C20H29NO4S/c1-15(2)26(22,23)21-14-16(3)25-19-8-6-17(7-9-19)18-10-12-20(4,24-5)13-11-18/h6-12,15-16,21H,13-14H2,1-5H3. The Morgan fingerprint density at radius 2 is 1.85 bits per heavy atom. The number of benzene rings is 1. The van der Waals surface area contributed by atoms with Crippen LogP contribution in [0.1, 0.15) is 39.7 Å². The van der Waals surface area contributed by atoms with E-state index in [9.17, 15) is 8.42 Å². The van der Waals surface area contributed by atoms with Crippen molar-refractivity contribution >= 4 is 15.6 Å². The highest BCUT2D eigenvalue weighted by atomic mass is 32.2. The fourth-order valence-electron chi connectivity index (χ4n) is 2.48. The maximum Gasteiger partial charge on any atom is 0.214 e. The Labute approximate surface area is 157 Å². The van der Waals surface area contributed by atoms with E-state index in [1.165, 1.54) is 0 Å². The smallest absolute Gasteiger partial charge is 0.214 e. The van der Waals surface area contributed by atoms with Crippen LogP contribution in [0.15, 0.2) is 42.5 Å². The molecule has 1 aromatic rings. The number of sulfonamides is 1. The van der Waals surface area contributed by atoms with Crippen LogP contribution in [0.5, 0.6) is 5.75 Å². The predicted molar refractivity (Wildman–Crippen MR) is 106 cm³/mol. The second-order valence-electron chi connectivity index (χ2n) is 7.11. The molecule has 0 radical (unpaired) electrons. The quantitative estimate of drug-likeness (QED) is 0.750. The zero-order valence-electron chi connectivity index (χ0n) is 16.2. The van der Waals surface area contributed by atoms with Crippen molar-refractivity contribution in [2.24, 2.45) is 0 Å².